The Morgan fingerprint density at radius 2 is 1.77 bits per heavy atom. The number of hydrogen-bond donors (Lipinski definition) is 1. The predicted molar refractivity (Wildman–Crippen MR) is 109 cm³/mol. The molecule has 2 unspecified atom stereocenters. The Labute approximate surface area is 177 Å². The quantitative estimate of drug-likeness (QED) is 0.466. The SMILES string of the molecule is COc1ccc(F)cc1C(C)(C)CC(O)(CN1c2ccccc2C=CC1F)C(F)(F)F. The van der Waals surface area contributed by atoms with Crippen molar-refractivity contribution in [1.82, 2.24) is 0 Å². The second kappa shape index (κ2) is 8.15. The largest absolute Gasteiger partial charge is 0.496 e. The third-order valence-corrected chi connectivity index (χ3v) is 5.56. The van der Waals surface area contributed by atoms with Gasteiger partial charge in [0.25, 0.3) is 0 Å². The second-order valence-corrected chi connectivity index (χ2v) is 8.35. The fraction of sp³-hybridized carbons (Fsp3) is 0.391. The lowest BCUT2D eigenvalue weighted by Crippen LogP contribution is -2.57. The van der Waals surface area contributed by atoms with Crippen molar-refractivity contribution < 1.29 is 31.8 Å². The van der Waals surface area contributed by atoms with Gasteiger partial charge in [-0.15, -0.1) is 0 Å². The molecule has 0 spiro atoms. The van der Waals surface area contributed by atoms with Gasteiger partial charge >= 0.3 is 6.18 Å². The van der Waals surface area contributed by atoms with Crippen molar-refractivity contribution in [2.24, 2.45) is 0 Å². The van der Waals surface area contributed by atoms with E-state index in [0.29, 0.717) is 5.56 Å². The Bertz CT molecular complexity index is 973. The van der Waals surface area contributed by atoms with Gasteiger partial charge in [0.05, 0.1) is 13.7 Å². The zero-order valence-corrected chi connectivity index (χ0v) is 17.4. The van der Waals surface area contributed by atoms with E-state index in [1.165, 1.54) is 39.2 Å². The van der Waals surface area contributed by atoms with E-state index < -0.39 is 42.3 Å². The number of anilines is 1. The Hall–Kier alpha value is -2.61. The summed E-state index contributed by atoms with van der Waals surface area (Å²) >= 11 is 0. The summed E-state index contributed by atoms with van der Waals surface area (Å²) in [6.45, 7) is 1.88. The lowest BCUT2D eigenvalue weighted by molar-refractivity contribution is -0.263. The number of aliphatic hydroxyl groups is 1. The van der Waals surface area contributed by atoms with Crippen LogP contribution in [0, 0.1) is 5.82 Å². The molecule has 0 aliphatic carbocycles. The van der Waals surface area contributed by atoms with Crippen LogP contribution in [0.4, 0.5) is 27.6 Å². The molecule has 1 aliphatic rings. The minimum absolute atomic E-state index is 0.174. The molecule has 2 aromatic rings. The Kier molecular flexibility index (Phi) is 6.06. The van der Waals surface area contributed by atoms with E-state index in [1.807, 2.05) is 0 Å². The van der Waals surface area contributed by atoms with Crippen molar-refractivity contribution in [3.63, 3.8) is 0 Å². The van der Waals surface area contributed by atoms with Gasteiger partial charge in [-0.2, -0.15) is 13.2 Å². The van der Waals surface area contributed by atoms with Gasteiger partial charge in [-0.1, -0.05) is 38.1 Å². The molecule has 1 aliphatic heterocycles. The van der Waals surface area contributed by atoms with Crippen molar-refractivity contribution in [2.75, 3.05) is 18.6 Å². The summed E-state index contributed by atoms with van der Waals surface area (Å²) in [7, 11) is 1.33. The van der Waals surface area contributed by atoms with E-state index in [9.17, 15) is 27.1 Å². The average molecular weight is 441 g/mol. The molecule has 1 heterocycles. The Morgan fingerprint density at radius 3 is 2.42 bits per heavy atom. The van der Waals surface area contributed by atoms with Gasteiger partial charge < -0.3 is 14.7 Å². The molecule has 2 aromatic carbocycles. The van der Waals surface area contributed by atoms with Gasteiger partial charge in [-0.05, 0) is 47.7 Å². The van der Waals surface area contributed by atoms with Gasteiger partial charge in [0.1, 0.15) is 11.6 Å². The highest BCUT2D eigenvalue weighted by atomic mass is 19.4. The minimum atomic E-state index is -5.07. The first-order chi connectivity index (χ1) is 14.4. The molecule has 31 heavy (non-hydrogen) atoms. The number of β-amino-alcohol motifs (C(OH)–C–C–N with tert-alkyl or cyclic N) is 1. The number of ether oxygens (including phenoxy) is 1. The van der Waals surface area contributed by atoms with Gasteiger partial charge in [0, 0.05) is 11.3 Å². The topological polar surface area (TPSA) is 32.7 Å². The van der Waals surface area contributed by atoms with E-state index >= 15 is 0 Å². The van der Waals surface area contributed by atoms with E-state index in [-0.39, 0.29) is 17.0 Å². The minimum Gasteiger partial charge on any atom is -0.496 e. The van der Waals surface area contributed by atoms with Crippen LogP contribution in [0.3, 0.4) is 0 Å². The van der Waals surface area contributed by atoms with E-state index in [1.54, 1.807) is 18.2 Å². The molecule has 0 saturated heterocycles. The first-order valence-electron chi connectivity index (χ1n) is 9.69. The van der Waals surface area contributed by atoms with Crippen LogP contribution in [0.25, 0.3) is 6.08 Å². The number of hydrogen-bond acceptors (Lipinski definition) is 3. The standard InChI is InChI=1S/C23H24F5NO2/c1-21(2,17-12-16(24)9-10-19(17)31-3)13-22(30,23(26,27)28)14-29-18-7-5-4-6-15(18)8-11-20(29)25/h4-12,20,30H,13-14H2,1-3H3. The molecular formula is C23H24F5NO2. The average Bonchev–Trinajstić information content (AvgIpc) is 2.69. The fourth-order valence-corrected chi connectivity index (χ4v) is 4.05. The summed E-state index contributed by atoms with van der Waals surface area (Å²) in [5, 5.41) is 10.9. The number of benzene rings is 2. The van der Waals surface area contributed by atoms with Crippen LogP contribution in [0.2, 0.25) is 0 Å². The lowest BCUT2D eigenvalue weighted by Gasteiger charge is -2.43. The van der Waals surface area contributed by atoms with E-state index in [0.717, 1.165) is 23.1 Å². The smallest absolute Gasteiger partial charge is 0.418 e. The van der Waals surface area contributed by atoms with Crippen molar-refractivity contribution in [1.29, 1.82) is 0 Å². The zero-order valence-electron chi connectivity index (χ0n) is 17.4. The summed E-state index contributed by atoms with van der Waals surface area (Å²) in [6.07, 6.45) is -5.11. The van der Waals surface area contributed by atoms with Crippen molar-refractivity contribution in [3.8, 4) is 5.75 Å². The summed E-state index contributed by atoms with van der Waals surface area (Å²) < 4.78 is 76.2. The highest BCUT2D eigenvalue weighted by Crippen LogP contribution is 2.45. The Morgan fingerprint density at radius 1 is 1.10 bits per heavy atom. The first-order valence-corrected chi connectivity index (χ1v) is 9.69. The molecular weight excluding hydrogens is 417 g/mol. The number of alkyl halides is 4. The van der Waals surface area contributed by atoms with Crippen LogP contribution in [0.1, 0.15) is 31.4 Å². The van der Waals surface area contributed by atoms with Crippen LogP contribution in [0.15, 0.2) is 48.5 Å². The molecule has 0 amide bonds. The Balaban J connectivity index is 2.01. The predicted octanol–water partition coefficient (Wildman–Crippen LogP) is 5.62. The number of nitrogens with zero attached hydrogens (tertiary/aromatic N) is 1. The van der Waals surface area contributed by atoms with Gasteiger partial charge in [0.2, 0.25) is 0 Å². The highest BCUT2D eigenvalue weighted by molar-refractivity contribution is 5.71. The van der Waals surface area contributed by atoms with Crippen LogP contribution in [0.5, 0.6) is 5.75 Å². The highest BCUT2D eigenvalue weighted by Gasteiger charge is 2.57. The third kappa shape index (κ3) is 4.54. The maximum absolute atomic E-state index is 14.7. The van der Waals surface area contributed by atoms with Crippen LogP contribution in [-0.2, 0) is 5.41 Å². The molecule has 1 N–H and O–H groups in total. The molecule has 0 bridgehead atoms. The molecule has 3 rings (SSSR count). The molecule has 0 saturated carbocycles. The zero-order chi connectivity index (χ0) is 23.0. The maximum Gasteiger partial charge on any atom is 0.418 e. The number of rotatable bonds is 6. The van der Waals surface area contributed by atoms with Crippen molar-refractivity contribution in [2.45, 2.75) is 43.8 Å². The number of fused-ring (bicyclic) bond motifs is 1. The fourth-order valence-electron chi connectivity index (χ4n) is 4.05. The van der Waals surface area contributed by atoms with Gasteiger partial charge in [-0.25, -0.2) is 8.78 Å². The summed E-state index contributed by atoms with van der Waals surface area (Å²) in [4.78, 5) is 0.891. The molecule has 8 heteroatoms. The van der Waals surface area contributed by atoms with Crippen LogP contribution < -0.4 is 9.64 Å². The van der Waals surface area contributed by atoms with Gasteiger partial charge in [-0.3, -0.25) is 0 Å². The van der Waals surface area contributed by atoms with Crippen molar-refractivity contribution in [3.05, 3.63) is 65.5 Å². The van der Waals surface area contributed by atoms with Crippen molar-refractivity contribution >= 4 is 11.8 Å². The van der Waals surface area contributed by atoms with E-state index in [2.05, 4.69) is 0 Å². The molecule has 2 atom stereocenters. The van der Waals surface area contributed by atoms with Gasteiger partial charge in [0.15, 0.2) is 11.9 Å². The number of para-hydroxylation sites is 1. The molecule has 3 nitrogen and oxygen atoms in total. The van der Waals surface area contributed by atoms with Crippen LogP contribution in [-0.4, -0.2) is 36.8 Å². The third-order valence-electron chi connectivity index (χ3n) is 5.56. The monoisotopic (exact) mass is 441 g/mol. The number of methoxy groups -OCH3 is 1. The first kappa shape index (κ1) is 23.1. The molecule has 0 radical (unpaired) electrons. The van der Waals surface area contributed by atoms with E-state index in [4.69, 9.17) is 4.74 Å². The summed E-state index contributed by atoms with van der Waals surface area (Å²) in [5.74, 6) is -0.441. The maximum atomic E-state index is 14.7. The molecule has 0 aromatic heterocycles. The summed E-state index contributed by atoms with van der Waals surface area (Å²) in [6, 6.07) is 9.98. The molecule has 0 fully saturated rings. The summed E-state index contributed by atoms with van der Waals surface area (Å²) in [5.41, 5.74) is -3.66. The molecule has 168 valence electrons. The normalized spacial score (nSPS) is 18.5. The lowest BCUT2D eigenvalue weighted by atomic mass is 9.74. The number of halogens is 5. The second-order valence-electron chi connectivity index (χ2n) is 8.35. The van der Waals surface area contributed by atoms with Crippen LogP contribution >= 0.6 is 0 Å².